The molecule has 2 amide bonds. The van der Waals surface area contributed by atoms with Crippen molar-refractivity contribution in [1.82, 2.24) is 20.1 Å². The van der Waals surface area contributed by atoms with Gasteiger partial charge in [-0.25, -0.2) is 4.79 Å². The van der Waals surface area contributed by atoms with Gasteiger partial charge in [0.2, 0.25) is 5.78 Å². The van der Waals surface area contributed by atoms with E-state index >= 15 is 0 Å². The van der Waals surface area contributed by atoms with Crippen molar-refractivity contribution in [3.05, 3.63) is 65.1 Å². The maximum absolute atomic E-state index is 13.1. The second kappa shape index (κ2) is 10.5. The summed E-state index contributed by atoms with van der Waals surface area (Å²) in [6.07, 6.45) is 7.91. The summed E-state index contributed by atoms with van der Waals surface area (Å²) in [5.74, 6) is 1.18. The first-order chi connectivity index (χ1) is 17.9. The number of ketones is 1. The topological polar surface area (TPSA) is 98.9 Å². The minimum atomic E-state index is -0.358. The zero-order valence-corrected chi connectivity index (χ0v) is 21.3. The molecule has 9 heteroatoms. The molecule has 5 rings (SSSR count). The Kier molecular flexibility index (Phi) is 6.98. The Labute approximate surface area is 215 Å². The third kappa shape index (κ3) is 5.23. The van der Waals surface area contributed by atoms with E-state index in [0.29, 0.717) is 17.0 Å². The smallest absolute Gasteiger partial charge is 0.318 e. The van der Waals surface area contributed by atoms with Crippen LogP contribution in [-0.2, 0) is 0 Å². The molecule has 0 atom stereocenters. The standard InChI is InChI=1S/C28H31N5O4/c1-29-28(35)31-20-6-7-24-23(15-20)27(34)25(37-24)14-19-17-30-26-18(13-21(36-3)16-22(19)26)5-4-8-33-11-9-32(2)10-12-33/h4-7,13-17,30H,8-12H2,1-3H3,(H2,29,31,35)/b5-4+,25-14?. The third-order valence-corrected chi connectivity index (χ3v) is 6.76. The van der Waals surface area contributed by atoms with E-state index in [0.717, 1.165) is 60.5 Å². The summed E-state index contributed by atoms with van der Waals surface area (Å²) in [5.41, 5.74) is 3.72. The molecule has 1 saturated heterocycles. The Morgan fingerprint density at radius 3 is 2.73 bits per heavy atom. The van der Waals surface area contributed by atoms with Gasteiger partial charge in [-0.3, -0.25) is 9.69 Å². The first kappa shape index (κ1) is 24.6. The second-order valence-electron chi connectivity index (χ2n) is 9.24. The number of methoxy groups -OCH3 is 1. The van der Waals surface area contributed by atoms with E-state index in [2.05, 4.69) is 44.6 Å². The fourth-order valence-corrected chi connectivity index (χ4v) is 4.58. The third-order valence-electron chi connectivity index (χ3n) is 6.76. The van der Waals surface area contributed by atoms with E-state index in [1.165, 1.54) is 7.05 Å². The number of Topliss-reactive ketones (excluding diaryl/α,β-unsaturated/α-hetero) is 1. The minimum Gasteiger partial charge on any atom is -0.497 e. The molecule has 37 heavy (non-hydrogen) atoms. The number of ether oxygens (including phenoxy) is 2. The van der Waals surface area contributed by atoms with Gasteiger partial charge >= 0.3 is 6.03 Å². The fourth-order valence-electron chi connectivity index (χ4n) is 4.58. The lowest BCUT2D eigenvalue weighted by Gasteiger charge is -2.31. The number of urea groups is 1. The average Bonchev–Trinajstić information content (AvgIpc) is 3.45. The van der Waals surface area contributed by atoms with Crippen LogP contribution < -0.4 is 20.1 Å². The number of aromatic amines is 1. The Hall–Kier alpha value is -4.08. The summed E-state index contributed by atoms with van der Waals surface area (Å²) >= 11 is 0. The molecule has 0 aliphatic carbocycles. The van der Waals surface area contributed by atoms with E-state index in [4.69, 9.17) is 9.47 Å². The van der Waals surface area contributed by atoms with Crippen LogP contribution in [0, 0.1) is 0 Å². The Morgan fingerprint density at radius 2 is 1.97 bits per heavy atom. The molecule has 2 aromatic carbocycles. The maximum Gasteiger partial charge on any atom is 0.318 e. The lowest BCUT2D eigenvalue weighted by molar-refractivity contribution is 0.101. The molecule has 2 aliphatic heterocycles. The highest BCUT2D eigenvalue weighted by molar-refractivity contribution is 6.16. The predicted octanol–water partition coefficient (Wildman–Crippen LogP) is 3.80. The SMILES string of the molecule is CNC(=O)Nc1ccc2c(c1)C(=O)C(=Cc1c[nH]c3c(/C=C/CN4CCN(C)CC4)cc(OC)cc13)O2. The summed E-state index contributed by atoms with van der Waals surface area (Å²) in [6.45, 7) is 5.19. The Balaban J connectivity index is 1.40. The first-order valence-corrected chi connectivity index (χ1v) is 12.3. The number of hydrogen-bond donors (Lipinski definition) is 3. The van der Waals surface area contributed by atoms with Crippen molar-refractivity contribution in [2.24, 2.45) is 0 Å². The first-order valence-electron chi connectivity index (χ1n) is 12.3. The molecule has 3 N–H and O–H groups in total. The largest absolute Gasteiger partial charge is 0.497 e. The van der Waals surface area contributed by atoms with Gasteiger partial charge in [-0.1, -0.05) is 12.2 Å². The number of aromatic nitrogens is 1. The Morgan fingerprint density at radius 1 is 1.16 bits per heavy atom. The molecule has 3 aromatic rings. The highest BCUT2D eigenvalue weighted by Gasteiger charge is 2.28. The number of nitrogens with one attached hydrogen (secondary N) is 3. The van der Waals surface area contributed by atoms with Crippen LogP contribution in [0.3, 0.4) is 0 Å². The zero-order chi connectivity index (χ0) is 25.9. The van der Waals surface area contributed by atoms with Gasteiger partial charge in [-0.2, -0.15) is 0 Å². The van der Waals surface area contributed by atoms with Gasteiger partial charge in [0.05, 0.1) is 18.2 Å². The molecule has 3 heterocycles. The number of H-pyrrole nitrogens is 1. The van der Waals surface area contributed by atoms with Crippen LogP contribution >= 0.6 is 0 Å². The van der Waals surface area contributed by atoms with Crippen LogP contribution in [-0.4, -0.2) is 80.5 Å². The predicted molar refractivity (Wildman–Crippen MR) is 145 cm³/mol. The van der Waals surface area contributed by atoms with Crippen LogP contribution in [0.2, 0.25) is 0 Å². The molecule has 9 nitrogen and oxygen atoms in total. The molecule has 1 fully saturated rings. The molecular formula is C28H31N5O4. The molecule has 2 aliphatic rings. The van der Waals surface area contributed by atoms with Crippen LogP contribution in [0.15, 0.2) is 48.4 Å². The van der Waals surface area contributed by atoms with Gasteiger partial charge in [0, 0.05) is 68.2 Å². The summed E-state index contributed by atoms with van der Waals surface area (Å²) in [7, 11) is 5.33. The van der Waals surface area contributed by atoms with Crippen molar-refractivity contribution in [2.75, 3.05) is 59.2 Å². The maximum atomic E-state index is 13.1. The van der Waals surface area contributed by atoms with Crippen molar-refractivity contribution in [3.8, 4) is 11.5 Å². The number of amides is 2. The summed E-state index contributed by atoms with van der Waals surface area (Å²) in [6, 6.07) is 8.60. The van der Waals surface area contributed by atoms with Crippen LogP contribution in [0.25, 0.3) is 23.1 Å². The van der Waals surface area contributed by atoms with Gasteiger partial charge in [-0.15, -0.1) is 0 Å². The number of allylic oxidation sites excluding steroid dienone is 1. The second-order valence-corrected chi connectivity index (χ2v) is 9.24. The average molecular weight is 502 g/mol. The lowest BCUT2D eigenvalue weighted by Crippen LogP contribution is -2.44. The number of piperazine rings is 1. The zero-order valence-electron chi connectivity index (χ0n) is 21.3. The fraction of sp³-hybridized carbons (Fsp3) is 0.286. The van der Waals surface area contributed by atoms with Crippen molar-refractivity contribution in [2.45, 2.75) is 0 Å². The van der Waals surface area contributed by atoms with E-state index < -0.39 is 0 Å². The summed E-state index contributed by atoms with van der Waals surface area (Å²) in [5, 5.41) is 6.10. The van der Waals surface area contributed by atoms with Crippen molar-refractivity contribution in [3.63, 3.8) is 0 Å². The highest BCUT2D eigenvalue weighted by Crippen LogP contribution is 2.35. The van der Waals surface area contributed by atoms with Gasteiger partial charge in [0.25, 0.3) is 0 Å². The molecule has 192 valence electrons. The molecular weight excluding hydrogens is 470 g/mol. The number of likely N-dealkylation sites (N-methyl/N-ethyl adjacent to an activating group) is 1. The monoisotopic (exact) mass is 501 g/mol. The van der Waals surface area contributed by atoms with Crippen molar-refractivity contribution in [1.29, 1.82) is 0 Å². The van der Waals surface area contributed by atoms with Crippen LogP contribution in [0.4, 0.5) is 10.5 Å². The number of carbonyl (C=O) groups is 2. The number of hydrogen-bond acceptors (Lipinski definition) is 6. The number of rotatable bonds is 6. The highest BCUT2D eigenvalue weighted by atomic mass is 16.5. The van der Waals surface area contributed by atoms with Gasteiger partial charge in [0.1, 0.15) is 11.5 Å². The number of carbonyl (C=O) groups excluding carboxylic acids is 2. The number of anilines is 1. The van der Waals surface area contributed by atoms with Crippen LogP contribution in [0.1, 0.15) is 21.5 Å². The van der Waals surface area contributed by atoms with Gasteiger partial charge in [-0.05, 0) is 43.5 Å². The van der Waals surface area contributed by atoms with E-state index in [1.807, 2.05) is 18.3 Å². The van der Waals surface area contributed by atoms with Crippen molar-refractivity contribution < 1.29 is 19.1 Å². The molecule has 1 aromatic heterocycles. The Bertz CT molecular complexity index is 1400. The van der Waals surface area contributed by atoms with E-state index in [1.54, 1.807) is 31.4 Å². The molecule has 0 saturated carbocycles. The molecule has 0 unspecified atom stereocenters. The van der Waals surface area contributed by atoms with Crippen LogP contribution in [0.5, 0.6) is 11.5 Å². The number of nitrogens with zero attached hydrogens (tertiary/aromatic N) is 2. The normalized spacial score (nSPS) is 17.4. The van der Waals surface area contributed by atoms with Gasteiger partial charge in [0.15, 0.2) is 5.76 Å². The number of benzene rings is 2. The number of fused-ring (bicyclic) bond motifs is 2. The molecule has 0 bridgehead atoms. The summed E-state index contributed by atoms with van der Waals surface area (Å²) in [4.78, 5) is 32.9. The quantitative estimate of drug-likeness (QED) is 0.445. The lowest BCUT2D eigenvalue weighted by atomic mass is 10.1. The molecule has 0 spiro atoms. The minimum absolute atomic E-state index is 0.225. The van der Waals surface area contributed by atoms with Gasteiger partial charge < -0.3 is 30.0 Å². The molecule has 0 radical (unpaired) electrons. The summed E-state index contributed by atoms with van der Waals surface area (Å²) < 4.78 is 11.4. The van der Waals surface area contributed by atoms with E-state index in [9.17, 15) is 9.59 Å². The van der Waals surface area contributed by atoms with Crippen molar-refractivity contribution >= 4 is 40.6 Å². The van der Waals surface area contributed by atoms with E-state index in [-0.39, 0.29) is 17.6 Å².